The van der Waals surface area contributed by atoms with Crippen molar-refractivity contribution in [2.75, 3.05) is 0 Å². The van der Waals surface area contributed by atoms with Crippen LogP contribution >= 0.6 is 0 Å². The lowest BCUT2D eigenvalue weighted by atomic mass is 9.81. The zero-order chi connectivity index (χ0) is 32.7. The molecule has 49 heavy (non-hydrogen) atoms. The Kier molecular flexibility index (Phi) is 5.92. The van der Waals surface area contributed by atoms with Gasteiger partial charge in [-0.15, -0.1) is 0 Å². The van der Waals surface area contributed by atoms with Crippen LogP contribution in [0.2, 0.25) is 0 Å². The minimum Gasteiger partial charge on any atom is -0.455 e. The number of fused-ring (bicyclic) bond motifs is 7. The van der Waals surface area contributed by atoms with Crippen LogP contribution in [0.3, 0.4) is 0 Å². The van der Waals surface area contributed by atoms with Gasteiger partial charge in [0.15, 0.2) is 0 Å². The molecule has 0 amide bonds. The SMILES string of the molecule is CC1(C)c2ccccc2-c2ccc(-c3cc(-c4cccc5c4oc4ccccc45)ccc3-c3nc4ccccc4n3-c3ccccc3)cc21. The van der Waals surface area contributed by atoms with Gasteiger partial charge in [-0.25, -0.2) is 4.98 Å². The first-order valence-corrected chi connectivity index (χ1v) is 16.9. The number of aromatic nitrogens is 2. The van der Waals surface area contributed by atoms with E-state index in [4.69, 9.17) is 9.40 Å². The van der Waals surface area contributed by atoms with Gasteiger partial charge < -0.3 is 4.42 Å². The maximum atomic E-state index is 6.52. The number of nitrogens with zero attached hydrogens (tertiary/aromatic N) is 2. The van der Waals surface area contributed by atoms with E-state index in [9.17, 15) is 0 Å². The molecule has 0 atom stereocenters. The van der Waals surface area contributed by atoms with Crippen LogP contribution in [0.5, 0.6) is 0 Å². The molecule has 0 unspecified atom stereocenters. The Bertz CT molecular complexity index is 2750. The summed E-state index contributed by atoms with van der Waals surface area (Å²) in [6.45, 7) is 4.69. The maximum absolute atomic E-state index is 6.52. The van der Waals surface area contributed by atoms with Crippen molar-refractivity contribution in [2.24, 2.45) is 0 Å². The fraction of sp³-hybridized carbons (Fsp3) is 0.0652. The highest BCUT2D eigenvalue weighted by Crippen LogP contribution is 2.50. The zero-order valence-electron chi connectivity index (χ0n) is 27.3. The summed E-state index contributed by atoms with van der Waals surface area (Å²) in [6.07, 6.45) is 0. The molecule has 2 heterocycles. The molecule has 1 aliphatic carbocycles. The smallest absolute Gasteiger partial charge is 0.146 e. The molecule has 232 valence electrons. The number of hydrogen-bond donors (Lipinski definition) is 0. The molecule has 0 spiro atoms. The van der Waals surface area contributed by atoms with Crippen molar-refractivity contribution in [1.82, 2.24) is 9.55 Å². The van der Waals surface area contributed by atoms with Crippen molar-refractivity contribution in [1.29, 1.82) is 0 Å². The van der Waals surface area contributed by atoms with Crippen molar-refractivity contribution < 1.29 is 4.42 Å². The highest BCUT2D eigenvalue weighted by atomic mass is 16.3. The molecule has 10 rings (SSSR count). The van der Waals surface area contributed by atoms with Crippen LogP contribution in [0.1, 0.15) is 25.0 Å². The first kappa shape index (κ1) is 27.9. The fourth-order valence-electron chi connectivity index (χ4n) is 8.04. The summed E-state index contributed by atoms with van der Waals surface area (Å²) in [6, 6.07) is 56.4. The lowest BCUT2D eigenvalue weighted by Gasteiger charge is -2.22. The van der Waals surface area contributed by atoms with Crippen molar-refractivity contribution in [3.05, 3.63) is 169 Å². The fourth-order valence-corrected chi connectivity index (χ4v) is 8.04. The van der Waals surface area contributed by atoms with E-state index in [1.807, 2.05) is 12.1 Å². The summed E-state index contributed by atoms with van der Waals surface area (Å²) in [7, 11) is 0. The number of hydrogen-bond acceptors (Lipinski definition) is 2. The van der Waals surface area contributed by atoms with Gasteiger partial charge in [0, 0.05) is 33.0 Å². The normalized spacial score (nSPS) is 13.3. The monoisotopic (exact) mass is 628 g/mol. The predicted molar refractivity (Wildman–Crippen MR) is 202 cm³/mol. The van der Waals surface area contributed by atoms with Gasteiger partial charge in [0.1, 0.15) is 17.0 Å². The van der Waals surface area contributed by atoms with Gasteiger partial charge in [-0.2, -0.15) is 0 Å². The largest absolute Gasteiger partial charge is 0.455 e. The first-order chi connectivity index (χ1) is 24.1. The van der Waals surface area contributed by atoms with Gasteiger partial charge in [0.2, 0.25) is 0 Å². The lowest BCUT2D eigenvalue weighted by molar-refractivity contribution is 0.660. The molecule has 0 aliphatic heterocycles. The number of furan rings is 1. The summed E-state index contributed by atoms with van der Waals surface area (Å²) >= 11 is 0. The first-order valence-electron chi connectivity index (χ1n) is 16.9. The number of imidazole rings is 1. The average molecular weight is 629 g/mol. The molecule has 0 fully saturated rings. The molecule has 7 aromatic carbocycles. The number of benzene rings is 7. The lowest BCUT2D eigenvalue weighted by Crippen LogP contribution is -2.14. The minimum absolute atomic E-state index is 0.114. The molecule has 0 N–H and O–H groups in total. The topological polar surface area (TPSA) is 31.0 Å². The Morgan fingerprint density at radius 3 is 2.08 bits per heavy atom. The third-order valence-corrected chi connectivity index (χ3v) is 10.4. The van der Waals surface area contributed by atoms with Crippen molar-refractivity contribution in [2.45, 2.75) is 19.3 Å². The molecule has 0 saturated carbocycles. The van der Waals surface area contributed by atoms with E-state index in [2.05, 4.69) is 164 Å². The summed E-state index contributed by atoms with van der Waals surface area (Å²) in [4.78, 5) is 5.30. The summed E-state index contributed by atoms with van der Waals surface area (Å²) < 4.78 is 8.82. The van der Waals surface area contributed by atoms with Crippen LogP contribution in [0.4, 0.5) is 0 Å². The van der Waals surface area contributed by atoms with Crippen LogP contribution in [-0.2, 0) is 5.41 Å². The van der Waals surface area contributed by atoms with Crippen molar-refractivity contribution in [3.8, 4) is 50.5 Å². The van der Waals surface area contributed by atoms with Gasteiger partial charge >= 0.3 is 0 Å². The Morgan fingerprint density at radius 1 is 0.510 bits per heavy atom. The van der Waals surface area contributed by atoms with E-state index in [-0.39, 0.29) is 5.41 Å². The molecule has 0 saturated heterocycles. The van der Waals surface area contributed by atoms with Crippen LogP contribution < -0.4 is 0 Å². The third-order valence-electron chi connectivity index (χ3n) is 10.4. The number of para-hydroxylation sites is 5. The zero-order valence-corrected chi connectivity index (χ0v) is 27.3. The quantitative estimate of drug-likeness (QED) is 0.194. The Balaban J connectivity index is 1.25. The van der Waals surface area contributed by atoms with E-state index < -0.39 is 0 Å². The predicted octanol–water partition coefficient (Wildman–Crippen LogP) is 12.2. The number of rotatable bonds is 4. The van der Waals surface area contributed by atoms with E-state index >= 15 is 0 Å². The summed E-state index contributed by atoms with van der Waals surface area (Å²) in [5.41, 5.74) is 15.7. The van der Waals surface area contributed by atoms with Gasteiger partial charge in [-0.05, 0) is 87.5 Å². The van der Waals surface area contributed by atoms with E-state index in [1.54, 1.807) is 0 Å². The van der Waals surface area contributed by atoms with Crippen molar-refractivity contribution >= 4 is 33.0 Å². The standard InChI is InChI=1S/C46H32N2O/c1-46(2)39-19-8-6-15-33(39)34-25-23-30(28-40(34)46)38-27-29(32-17-12-18-36-35-16-7-11-22-43(35)49-44(32)36)24-26-37(38)45-47-41-20-9-10-21-42(41)48(45)31-13-4-3-5-14-31/h3-28H,1-2H3. The molecule has 3 heteroatoms. The van der Waals surface area contributed by atoms with Gasteiger partial charge in [0.25, 0.3) is 0 Å². The van der Waals surface area contributed by atoms with Crippen LogP contribution in [0.25, 0.3) is 83.4 Å². The van der Waals surface area contributed by atoms with Gasteiger partial charge in [-0.1, -0.05) is 123 Å². The molecule has 3 nitrogen and oxygen atoms in total. The second-order valence-corrected chi connectivity index (χ2v) is 13.6. The van der Waals surface area contributed by atoms with Crippen LogP contribution in [0, 0.1) is 0 Å². The Labute approximate surface area is 284 Å². The minimum atomic E-state index is -0.114. The van der Waals surface area contributed by atoms with E-state index in [1.165, 1.54) is 27.8 Å². The van der Waals surface area contributed by atoms with Crippen LogP contribution in [0.15, 0.2) is 162 Å². The highest BCUT2D eigenvalue weighted by Gasteiger charge is 2.35. The Hall–Kier alpha value is -6.19. The van der Waals surface area contributed by atoms with Crippen molar-refractivity contribution in [3.63, 3.8) is 0 Å². The van der Waals surface area contributed by atoms with Gasteiger partial charge in [0.05, 0.1) is 11.0 Å². The average Bonchev–Trinajstić information content (AvgIpc) is 3.80. The maximum Gasteiger partial charge on any atom is 0.146 e. The third kappa shape index (κ3) is 4.12. The summed E-state index contributed by atoms with van der Waals surface area (Å²) in [5.74, 6) is 0.916. The van der Waals surface area contributed by atoms with E-state index in [0.29, 0.717) is 0 Å². The second-order valence-electron chi connectivity index (χ2n) is 13.6. The summed E-state index contributed by atoms with van der Waals surface area (Å²) in [5, 5.41) is 2.26. The van der Waals surface area contributed by atoms with Gasteiger partial charge in [-0.3, -0.25) is 4.57 Å². The van der Waals surface area contributed by atoms with Crippen LogP contribution in [-0.4, -0.2) is 9.55 Å². The Morgan fingerprint density at radius 2 is 1.18 bits per heavy atom. The second kappa shape index (κ2) is 10.4. The molecule has 9 aromatic rings. The molecule has 0 bridgehead atoms. The highest BCUT2D eigenvalue weighted by molar-refractivity contribution is 6.10. The molecule has 0 radical (unpaired) electrons. The molecule has 1 aliphatic rings. The molecule has 2 aromatic heterocycles. The van der Waals surface area contributed by atoms with E-state index in [0.717, 1.165) is 66.7 Å². The molecular weight excluding hydrogens is 597 g/mol. The molecular formula is C46H32N2O.